The number of halogens is 1. The molecule has 0 aliphatic carbocycles. The lowest BCUT2D eigenvalue weighted by Crippen LogP contribution is -2.30. The Kier molecular flexibility index (Phi) is 8.02. The van der Waals surface area contributed by atoms with Crippen LogP contribution in [0.25, 0.3) is 11.4 Å². The molecule has 0 spiro atoms. The molecule has 3 rings (SSSR count). The zero-order chi connectivity index (χ0) is 23.0. The second kappa shape index (κ2) is 10.5. The molecular weight excluding hydrogens is 427 g/mol. The van der Waals surface area contributed by atoms with E-state index in [0.717, 1.165) is 0 Å². The molecule has 11 heteroatoms. The van der Waals surface area contributed by atoms with E-state index in [1.807, 2.05) is 0 Å². The van der Waals surface area contributed by atoms with E-state index in [1.54, 1.807) is 36.4 Å². The molecule has 1 aromatic heterocycles. The molecule has 0 atom stereocenters. The molecule has 0 aliphatic heterocycles. The molecule has 0 aliphatic rings. The highest BCUT2D eigenvalue weighted by Gasteiger charge is 2.06. The Bertz CT molecular complexity index is 1180. The second-order valence-electron chi connectivity index (χ2n) is 6.23. The fraction of sp³-hybridized carbons (Fsp3) is 0.100. The number of hydrogen-bond donors (Lipinski definition) is 3. The lowest BCUT2D eigenvalue weighted by molar-refractivity contribution is 0.0695. The van der Waals surface area contributed by atoms with Gasteiger partial charge in [0.2, 0.25) is 0 Å². The number of aromatic carboxylic acids is 1. The van der Waals surface area contributed by atoms with Crippen LogP contribution in [0.3, 0.4) is 0 Å². The van der Waals surface area contributed by atoms with Crippen molar-refractivity contribution in [3.63, 3.8) is 0 Å². The van der Waals surface area contributed by atoms with Crippen LogP contribution in [0.2, 0.25) is 0 Å². The van der Waals surface area contributed by atoms with Gasteiger partial charge in [0.15, 0.2) is 11.6 Å². The Morgan fingerprint density at radius 3 is 2.26 bits per heavy atom. The van der Waals surface area contributed by atoms with Gasteiger partial charge in [-0.05, 0) is 30.7 Å². The van der Waals surface area contributed by atoms with Gasteiger partial charge in [0, 0.05) is 30.1 Å². The maximum atomic E-state index is 12.9. The summed E-state index contributed by atoms with van der Waals surface area (Å²) in [6.07, 6.45) is 2.38. The van der Waals surface area contributed by atoms with Crippen LogP contribution < -0.4 is 9.86 Å². The van der Waals surface area contributed by atoms with E-state index in [1.165, 1.54) is 31.5 Å². The summed E-state index contributed by atoms with van der Waals surface area (Å²) in [7, 11) is -3.69. The summed E-state index contributed by atoms with van der Waals surface area (Å²) in [4.78, 5) is 29.3. The monoisotopic (exact) mass is 446 g/mol. The minimum absolute atomic E-state index is 0.000142. The van der Waals surface area contributed by atoms with E-state index in [2.05, 4.69) is 14.7 Å². The van der Waals surface area contributed by atoms with Crippen molar-refractivity contribution in [2.24, 2.45) is 5.14 Å². The molecule has 0 fully saturated rings. The van der Waals surface area contributed by atoms with Gasteiger partial charge in [0.25, 0.3) is 10.2 Å². The maximum absolute atomic E-state index is 12.9. The molecule has 0 saturated carbocycles. The fourth-order valence-electron chi connectivity index (χ4n) is 2.30. The van der Waals surface area contributed by atoms with Crippen molar-refractivity contribution >= 4 is 22.0 Å². The molecule has 0 saturated heterocycles. The van der Waals surface area contributed by atoms with E-state index in [9.17, 15) is 22.4 Å². The fourth-order valence-corrected chi connectivity index (χ4v) is 2.67. The van der Waals surface area contributed by atoms with E-state index < -0.39 is 16.2 Å². The van der Waals surface area contributed by atoms with Crippen LogP contribution in [0.15, 0.2) is 60.9 Å². The number of Topliss-reactive ketones (excluding diaryl/α,β-unsaturated/α-hetero) is 1. The molecule has 3 aromatic rings. The SMILES string of the molecule is CC(=O)c1cccc(CNS(N)(=O)=O)c1.O=C(O)c1cnc(-c2cccc(F)c2)nc1. The third-order valence-corrected chi connectivity index (χ3v) is 4.34. The van der Waals surface area contributed by atoms with Gasteiger partial charge >= 0.3 is 5.97 Å². The first kappa shape index (κ1) is 23.7. The molecule has 2 aromatic carbocycles. The number of nitrogens with one attached hydrogen (secondary N) is 1. The van der Waals surface area contributed by atoms with Gasteiger partial charge in [0.1, 0.15) is 5.82 Å². The van der Waals surface area contributed by atoms with Gasteiger partial charge in [0.05, 0.1) is 5.56 Å². The predicted molar refractivity (Wildman–Crippen MR) is 111 cm³/mol. The Balaban J connectivity index is 0.000000221. The lowest BCUT2D eigenvalue weighted by Gasteiger charge is -2.03. The van der Waals surface area contributed by atoms with Crippen LogP contribution in [0.5, 0.6) is 0 Å². The van der Waals surface area contributed by atoms with Crippen molar-refractivity contribution in [2.75, 3.05) is 0 Å². The van der Waals surface area contributed by atoms with E-state index in [4.69, 9.17) is 10.2 Å². The summed E-state index contributed by atoms with van der Waals surface area (Å²) in [5.41, 5.74) is 1.75. The van der Waals surface area contributed by atoms with Crippen molar-refractivity contribution < 1.29 is 27.5 Å². The highest BCUT2D eigenvalue weighted by molar-refractivity contribution is 7.87. The van der Waals surface area contributed by atoms with Crippen molar-refractivity contribution in [3.05, 3.63) is 83.4 Å². The largest absolute Gasteiger partial charge is 0.478 e. The van der Waals surface area contributed by atoms with E-state index >= 15 is 0 Å². The first-order valence-electron chi connectivity index (χ1n) is 8.73. The highest BCUT2D eigenvalue weighted by atomic mass is 32.2. The van der Waals surface area contributed by atoms with Gasteiger partial charge in [-0.3, -0.25) is 4.79 Å². The van der Waals surface area contributed by atoms with Crippen molar-refractivity contribution in [2.45, 2.75) is 13.5 Å². The number of nitrogens with two attached hydrogens (primary N) is 1. The summed E-state index contributed by atoms with van der Waals surface area (Å²) in [5, 5.41) is 13.4. The van der Waals surface area contributed by atoms with Gasteiger partial charge in [-0.2, -0.15) is 13.1 Å². The Morgan fingerprint density at radius 1 is 1.06 bits per heavy atom. The number of rotatable bonds is 6. The summed E-state index contributed by atoms with van der Waals surface area (Å²) in [5.74, 6) is -1.24. The van der Waals surface area contributed by atoms with E-state index in [-0.39, 0.29) is 23.7 Å². The number of nitrogens with zero attached hydrogens (tertiary/aromatic N) is 2. The van der Waals surface area contributed by atoms with Gasteiger partial charge in [-0.1, -0.05) is 30.3 Å². The second-order valence-corrected chi connectivity index (χ2v) is 7.61. The zero-order valence-electron chi connectivity index (χ0n) is 16.3. The summed E-state index contributed by atoms with van der Waals surface area (Å²) in [6.45, 7) is 1.53. The quantitative estimate of drug-likeness (QED) is 0.491. The highest BCUT2D eigenvalue weighted by Crippen LogP contribution is 2.15. The molecule has 9 nitrogen and oxygen atoms in total. The van der Waals surface area contributed by atoms with Crippen molar-refractivity contribution in [1.82, 2.24) is 14.7 Å². The Morgan fingerprint density at radius 2 is 1.71 bits per heavy atom. The molecule has 0 unspecified atom stereocenters. The summed E-state index contributed by atoms with van der Waals surface area (Å²) >= 11 is 0. The maximum Gasteiger partial charge on any atom is 0.338 e. The third-order valence-electron chi connectivity index (χ3n) is 3.79. The van der Waals surface area contributed by atoms with Gasteiger partial charge < -0.3 is 5.11 Å². The number of ketones is 1. The van der Waals surface area contributed by atoms with Gasteiger partial charge in [-0.25, -0.2) is 24.3 Å². The van der Waals surface area contributed by atoms with Crippen LogP contribution in [0, 0.1) is 5.82 Å². The molecular formula is C20H19FN4O5S. The smallest absolute Gasteiger partial charge is 0.338 e. The normalized spacial score (nSPS) is 10.7. The average Bonchev–Trinajstić information content (AvgIpc) is 2.72. The Labute approximate surface area is 178 Å². The summed E-state index contributed by atoms with van der Waals surface area (Å²) in [6, 6.07) is 12.5. The molecule has 0 amide bonds. The topological polar surface area (TPSA) is 152 Å². The van der Waals surface area contributed by atoms with Crippen LogP contribution in [0.4, 0.5) is 4.39 Å². The first-order chi connectivity index (χ1) is 14.5. The van der Waals surface area contributed by atoms with Crippen molar-refractivity contribution in [1.29, 1.82) is 0 Å². The predicted octanol–water partition coefficient (Wildman–Crippen LogP) is 2.16. The average molecular weight is 446 g/mol. The van der Waals surface area contributed by atoms with E-state index in [0.29, 0.717) is 22.5 Å². The number of carboxylic acid groups (broad SMARTS) is 1. The number of benzene rings is 2. The number of carboxylic acids is 1. The molecule has 0 radical (unpaired) electrons. The van der Waals surface area contributed by atoms with Crippen molar-refractivity contribution in [3.8, 4) is 11.4 Å². The lowest BCUT2D eigenvalue weighted by atomic mass is 10.1. The number of aromatic nitrogens is 2. The zero-order valence-corrected chi connectivity index (χ0v) is 17.1. The number of carbonyl (C=O) groups excluding carboxylic acids is 1. The van der Waals surface area contributed by atoms with Crippen LogP contribution in [-0.4, -0.2) is 35.2 Å². The minimum Gasteiger partial charge on any atom is -0.478 e. The minimum atomic E-state index is -3.69. The molecule has 0 bridgehead atoms. The van der Waals surface area contributed by atoms with Gasteiger partial charge in [-0.15, -0.1) is 0 Å². The summed E-state index contributed by atoms with van der Waals surface area (Å²) < 4.78 is 36.3. The third kappa shape index (κ3) is 8.01. The first-order valence-corrected chi connectivity index (χ1v) is 10.3. The molecule has 4 N–H and O–H groups in total. The number of hydrogen-bond acceptors (Lipinski definition) is 6. The molecule has 1 heterocycles. The number of carbonyl (C=O) groups is 2. The molecule has 31 heavy (non-hydrogen) atoms. The standard InChI is InChI=1S/C11H7FN2O2.C9H12N2O3S/c12-9-3-1-2-7(4-9)10-13-5-8(6-14-10)11(15)16;1-7(12)9-4-2-3-8(5-9)6-11-15(10,13)14/h1-6H,(H,15,16);2-5,11H,6H2,1H3,(H2,10,13,14). The van der Waals surface area contributed by atoms with Crippen LogP contribution >= 0.6 is 0 Å². The van der Waals surface area contributed by atoms with Crippen LogP contribution in [0.1, 0.15) is 33.2 Å². The van der Waals surface area contributed by atoms with Crippen LogP contribution in [-0.2, 0) is 16.8 Å². The Hall–Kier alpha value is -3.54. The molecule has 162 valence electrons.